The van der Waals surface area contributed by atoms with Gasteiger partial charge >= 0.3 is 5.63 Å². The van der Waals surface area contributed by atoms with E-state index in [9.17, 15) is 9.59 Å². The van der Waals surface area contributed by atoms with E-state index in [0.717, 1.165) is 21.7 Å². The molecule has 0 bridgehead atoms. The third-order valence-electron chi connectivity index (χ3n) is 4.51. The Bertz CT molecular complexity index is 1180. The van der Waals surface area contributed by atoms with E-state index < -0.39 is 11.5 Å². The fourth-order valence-corrected chi connectivity index (χ4v) is 3.06. The van der Waals surface area contributed by atoms with Gasteiger partial charge in [0.05, 0.1) is 6.04 Å². The average Bonchev–Trinajstić information content (AvgIpc) is 2.66. The van der Waals surface area contributed by atoms with E-state index in [2.05, 4.69) is 5.32 Å². The van der Waals surface area contributed by atoms with Crippen LogP contribution in [0.1, 0.15) is 28.9 Å². The molecule has 0 aliphatic heterocycles. The number of para-hydroxylation sites is 1. The van der Waals surface area contributed by atoms with E-state index in [-0.39, 0.29) is 11.6 Å². The van der Waals surface area contributed by atoms with Crippen LogP contribution in [0.3, 0.4) is 0 Å². The van der Waals surface area contributed by atoms with Gasteiger partial charge in [-0.15, -0.1) is 0 Å². The first-order valence-electron chi connectivity index (χ1n) is 8.44. The number of hydrogen-bond donors (Lipinski definition) is 1. The lowest BCUT2D eigenvalue weighted by molar-refractivity contribution is 0.0936. The Kier molecular flexibility index (Phi) is 4.01. The minimum Gasteiger partial charge on any atom is -0.422 e. The summed E-state index contributed by atoms with van der Waals surface area (Å²) in [5, 5.41) is 5.85. The van der Waals surface area contributed by atoms with Gasteiger partial charge in [-0.25, -0.2) is 4.79 Å². The third-order valence-corrected chi connectivity index (χ3v) is 4.51. The van der Waals surface area contributed by atoms with Crippen LogP contribution in [0.25, 0.3) is 21.7 Å². The maximum Gasteiger partial charge on any atom is 0.349 e. The fraction of sp³-hybridized carbons (Fsp3) is 0.0909. The normalized spacial score (nSPS) is 12.2. The number of fused-ring (bicyclic) bond motifs is 2. The van der Waals surface area contributed by atoms with Crippen LogP contribution >= 0.6 is 0 Å². The summed E-state index contributed by atoms with van der Waals surface area (Å²) < 4.78 is 5.24. The second kappa shape index (κ2) is 6.48. The summed E-state index contributed by atoms with van der Waals surface area (Å²) in [6, 6.07) is 22.6. The van der Waals surface area contributed by atoms with Gasteiger partial charge in [0, 0.05) is 5.39 Å². The molecule has 1 amide bonds. The van der Waals surface area contributed by atoms with Gasteiger partial charge in [-0.05, 0) is 41.5 Å². The maximum absolute atomic E-state index is 12.6. The SMILES string of the molecule is CC(NC(=O)c1cc2ccccc2oc1=O)c1ccc2ccccc2c1. The van der Waals surface area contributed by atoms with E-state index in [4.69, 9.17) is 4.42 Å². The molecule has 0 aliphatic carbocycles. The Balaban J connectivity index is 1.62. The molecule has 4 rings (SSSR count). The molecule has 26 heavy (non-hydrogen) atoms. The van der Waals surface area contributed by atoms with Crippen LogP contribution in [-0.2, 0) is 0 Å². The maximum atomic E-state index is 12.6. The van der Waals surface area contributed by atoms with Crippen molar-refractivity contribution in [3.8, 4) is 0 Å². The Hall–Kier alpha value is -3.40. The molecule has 1 heterocycles. The minimum absolute atomic E-state index is 0.0105. The van der Waals surface area contributed by atoms with E-state index in [0.29, 0.717) is 5.58 Å². The highest BCUT2D eigenvalue weighted by molar-refractivity contribution is 5.96. The Morgan fingerprint density at radius 2 is 1.58 bits per heavy atom. The first kappa shape index (κ1) is 16.1. The first-order chi connectivity index (χ1) is 12.6. The highest BCUT2D eigenvalue weighted by Crippen LogP contribution is 2.21. The number of rotatable bonds is 3. The standard InChI is InChI=1S/C22H17NO3/c1-14(16-11-10-15-6-2-3-7-17(15)12-16)23-21(24)19-13-18-8-4-5-9-20(18)26-22(19)25/h2-14H,1H3,(H,23,24). The van der Waals surface area contributed by atoms with Gasteiger partial charge in [0.2, 0.25) is 0 Å². The molecule has 4 aromatic rings. The van der Waals surface area contributed by atoms with Crippen molar-refractivity contribution >= 4 is 27.6 Å². The number of carbonyl (C=O) groups excluding carboxylic acids is 1. The van der Waals surface area contributed by atoms with Crippen molar-refractivity contribution in [3.05, 3.63) is 94.3 Å². The molecular weight excluding hydrogens is 326 g/mol. The topological polar surface area (TPSA) is 59.3 Å². The molecule has 0 saturated carbocycles. The molecule has 0 saturated heterocycles. The summed E-state index contributed by atoms with van der Waals surface area (Å²) in [7, 11) is 0. The molecule has 4 nitrogen and oxygen atoms in total. The van der Waals surface area contributed by atoms with Crippen molar-refractivity contribution in [2.45, 2.75) is 13.0 Å². The van der Waals surface area contributed by atoms with Gasteiger partial charge in [-0.1, -0.05) is 54.6 Å². The van der Waals surface area contributed by atoms with Crippen molar-refractivity contribution in [2.75, 3.05) is 0 Å². The van der Waals surface area contributed by atoms with Crippen LogP contribution in [0, 0.1) is 0 Å². The van der Waals surface area contributed by atoms with Crippen LogP contribution in [0.5, 0.6) is 0 Å². The molecule has 1 atom stereocenters. The Labute approximate surface area is 150 Å². The number of carbonyl (C=O) groups is 1. The van der Waals surface area contributed by atoms with E-state index in [1.807, 2.05) is 61.5 Å². The molecule has 3 aromatic carbocycles. The van der Waals surface area contributed by atoms with Crippen molar-refractivity contribution in [1.29, 1.82) is 0 Å². The summed E-state index contributed by atoms with van der Waals surface area (Å²) in [6.45, 7) is 1.89. The van der Waals surface area contributed by atoms with Gasteiger partial charge in [-0.2, -0.15) is 0 Å². The Morgan fingerprint density at radius 3 is 2.38 bits per heavy atom. The molecular formula is C22H17NO3. The zero-order chi connectivity index (χ0) is 18.1. The Morgan fingerprint density at radius 1 is 0.885 bits per heavy atom. The summed E-state index contributed by atoms with van der Waals surface area (Å²) in [6.07, 6.45) is 0. The second-order valence-corrected chi connectivity index (χ2v) is 6.29. The predicted molar refractivity (Wildman–Crippen MR) is 102 cm³/mol. The van der Waals surface area contributed by atoms with Gasteiger partial charge in [-0.3, -0.25) is 4.79 Å². The van der Waals surface area contributed by atoms with Crippen molar-refractivity contribution in [2.24, 2.45) is 0 Å². The molecule has 0 radical (unpaired) electrons. The van der Waals surface area contributed by atoms with Crippen molar-refractivity contribution in [1.82, 2.24) is 5.32 Å². The monoisotopic (exact) mass is 343 g/mol. The zero-order valence-corrected chi connectivity index (χ0v) is 14.2. The minimum atomic E-state index is -0.632. The number of amides is 1. The van der Waals surface area contributed by atoms with Gasteiger partial charge in [0.25, 0.3) is 5.91 Å². The summed E-state index contributed by atoms with van der Waals surface area (Å²) in [5.74, 6) is -0.440. The van der Waals surface area contributed by atoms with Crippen LogP contribution in [0.4, 0.5) is 0 Å². The van der Waals surface area contributed by atoms with Crippen LogP contribution in [-0.4, -0.2) is 5.91 Å². The lowest BCUT2D eigenvalue weighted by atomic mass is 10.0. The van der Waals surface area contributed by atoms with E-state index in [1.165, 1.54) is 0 Å². The smallest absolute Gasteiger partial charge is 0.349 e. The number of nitrogens with one attached hydrogen (secondary N) is 1. The van der Waals surface area contributed by atoms with E-state index in [1.54, 1.807) is 18.2 Å². The molecule has 0 fully saturated rings. The van der Waals surface area contributed by atoms with Crippen molar-refractivity contribution < 1.29 is 9.21 Å². The zero-order valence-electron chi connectivity index (χ0n) is 14.2. The predicted octanol–water partition coefficient (Wildman–Crippen LogP) is 4.44. The number of benzene rings is 3. The van der Waals surface area contributed by atoms with Gasteiger partial charge < -0.3 is 9.73 Å². The average molecular weight is 343 g/mol. The lowest BCUT2D eigenvalue weighted by Crippen LogP contribution is -2.30. The molecule has 1 N–H and O–H groups in total. The summed E-state index contributed by atoms with van der Waals surface area (Å²) >= 11 is 0. The van der Waals surface area contributed by atoms with Crippen molar-refractivity contribution in [3.63, 3.8) is 0 Å². The fourth-order valence-electron chi connectivity index (χ4n) is 3.06. The van der Waals surface area contributed by atoms with E-state index >= 15 is 0 Å². The highest BCUT2D eigenvalue weighted by atomic mass is 16.4. The number of hydrogen-bond acceptors (Lipinski definition) is 3. The highest BCUT2D eigenvalue weighted by Gasteiger charge is 2.16. The van der Waals surface area contributed by atoms with Crippen LogP contribution < -0.4 is 10.9 Å². The van der Waals surface area contributed by atoms with Gasteiger partial charge in [0.15, 0.2) is 0 Å². The summed E-state index contributed by atoms with van der Waals surface area (Å²) in [4.78, 5) is 24.7. The largest absolute Gasteiger partial charge is 0.422 e. The van der Waals surface area contributed by atoms with Crippen LogP contribution in [0.2, 0.25) is 0 Å². The third kappa shape index (κ3) is 2.97. The summed E-state index contributed by atoms with van der Waals surface area (Å²) in [5.41, 5.74) is 0.821. The molecule has 0 spiro atoms. The molecule has 1 aromatic heterocycles. The van der Waals surface area contributed by atoms with Crippen LogP contribution in [0.15, 0.2) is 82.0 Å². The molecule has 4 heteroatoms. The molecule has 1 unspecified atom stereocenters. The molecule has 128 valence electrons. The molecule has 0 aliphatic rings. The lowest BCUT2D eigenvalue weighted by Gasteiger charge is -2.15. The first-order valence-corrected chi connectivity index (χ1v) is 8.44. The van der Waals surface area contributed by atoms with Gasteiger partial charge in [0.1, 0.15) is 11.1 Å². The quantitative estimate of drug-likeness (QED) is 0.560. The second-order valence-electron chi connectivity index (χ2n) is 6.29.